The number of hydrogen-bond acceptors (Lipinski definition) is 1. The fourth-order valence-corrected chi connectivity index (χ4v) is 2.87. The van der Waals surface area contributed by atoms with Crippen molar-refractivity contribution in [2.75, 3.05) is 0 Å². The molecule has 0 spiro atoms. The Morgan fingerprint density at radius 3 is 2.65 bits per heavy atom. The minimum Gasteiger partial charge on any atom is -0.311 e. The average Bonchev–Trinajstić information content (AvgIpc) is 2.32. The predicted octanol–water partition coefficient (Wildman–Crippen LogP) is 3.83. The third-order valence-corrected chi connectivity index (χ3v) is 4.01. The standard InChI is InChI=1S/C13H13BrClNO/c1-4-8-5-9(14)6-10-11(15)7(2)13(17)16(3)12(8)10/h5-6H,4H2,1-3H3. The molecule has 90 valence electrons. The molecular formula is C13H13BrClNO. The molecule has 0 fully saturated rings. The van der Waals surface area contributed by atoms with Crippen LogP contribution in [0, 0.1) is 6.92 Å². The van der Waals surface area contributed by atoms with Crippen LogP contribution >= 0.6 is 27.5 Å². The van der Waals surface area contributed by atoms with Crippen LogP contribution in [0.2, 0.25) is 5.02 Å². The molecular weight excluding hydrogens is 302 g/mol. The van der Waals surface area contributed by atoms with Crippen molar-refractivity contribution in [3.63, 3.8) is 0 Å². The second-order valence-electron chi connectivity index (χ2n) is 4.12. The number of fused-ring (bicyclic) bond motifs is 1. The molecule has 0 aliphatic heterocycles. The van der Waals surface area contributed by atoms with Crippen LogP contribution in [0.3, 0.4) is 0 Å². The summed E-state index contributed by atoms with van der Waals surface area (Å²) < 4.78 is 2.67. The molecule has 0 aliphatic carbocycles. The second-order valence-corrected chi connectivity index (χ2v) is 5.41. The van der Waals surface area contributed by atoms with Gasteiger partial charge in [0.15, 0.2) is 0 Å². The maximum atomic E-state index is 12.0. The minimum atomic E-state index is -0.0282. The second kappa shape index (κ2) is 4.46. The van der Waals surface area contributed by atoms with E-state index >= 15 is 0 Å². The first kappa shape index (κ1) is 12.7. The maximum Gasteiger partial charge on any atom is 0.255 e. The largest absolute Gasteiger partial charge is 0.311 e. The summed E-state index contributed by atoms with van der Waals surface area (Å²) in [6, 6.07) is 4.00. The molecule has 4 heteroatoms. The molecule has 1 aromatic heterocycles. The lowest BCUT2D eigenvalue weighted by Gasteiger charge is -2.13. The highest BCUT2D eigenvalue weighted by Gasteiger charge is 2.13. The van der Waals surface area contributed by atoms with Crippen LogP contribution in [-0.2, 0) is 13.5 Å². The van der Waals surface area contributed by atoms with E-state index in [4.69, 9.17) is 11.6 Å². The number of aromatic nitrogens is 1. The van der Waals surface area contributed by atoms with Gasteiger partial charge in [-0.15, -0.1) is 0 Å². The Kier molecular flexibility index (Phi) is 3.32. The van der Waals surface area contributed by atoms with Gasteiger partial charge >= 0.3 is 0 Å². The third kappa shape index (κ3) is 1.91. The SMILES string of the molecule is CCc1cc(Br)cc2c(Cl)c(C)c(=O)n(C)c12. The van der Waals surface area contributed by atoms with Crippen molar-refractivity contribution in [3.05, 3.63) is 43.1 Å². The lowest BCUT2D eigenvalue weighted by molar-refractivity contribution is 0.884. The van der Waals surface area contributed by atoms with E-state index in [0.717, 1.165) is 27.4 Å². The van der Waals surface area contributed by atoms with Gasteiger partial charge in [-0.2, -0.15) is 0 Å². The Morgan fingerprint density at radius 1 is 1.41 bits per heavy atom. The Morgan fingerprint density at radius 2 is 2.06 bits per heavy atom. The first-order valence-electron chi connectivity index (χ1n) is 5.44. The highest BCUT2D eigenvalue weighted by atomic mass is 79.9. The topological polar surface area (TPSA) is 22.0 Å². The van der Waals surface area contributed by atoms with Crippen LogP contribution in [0.25, 0.3) is 10.9 Å². The van der Waals surface area contributed by atoms with Crippen LogP contribution in [-0.4, -0.2) is 4.57 Å². The summed E-state index contributed by atoms with van der Waals surface area (Å²) >= 11 is 9.75. The van der Waals surface area contributed by atoms with E-state index in [1.165, 1.54) is 0 Å². The molecule has 17 heavy (non-hydrogen) atoms. The summed E-state index contributed by atoms with van der Waals surface area (Å²) in [5, 5.41) is 1.48. The fourth-order valence-electron chi connectivity index (χ4n) is 2.14. The highest BCUT2D eigenvalue weighted by Crippen LogP contribution is 2.30. The minimum absolute atomic E-state index is 0.0282. The predicted molar refractivity (Wildman–Crippen MR) is 76.0 cm³/mol. The van der Waals surface area contributed by atoms with Crippen molar-refractivity contribution in [1.29, 1.82) is 0 Å². The Bertz CT molecular complexity index is 661. The van der Waals surface area contributed by atoms with Gasteiger partial charge in [0.05, 0.1) is 10.5 Å². The maximum absolute atomic E-state index is 12.0. The van der Waals surface area contributed by atoms with E-state index in [1.54, 1.807) is 18.5 Å². The molecule has 0 amide bonds. The van der Waals surface area contributed by atoms with E-state index in [0.29, 0.717) is 10.6 Å². The Balaban J connectivity index is 3.11. The summed E-state index contributed by atoms with van der Waals surface area (Å²) in [5.74, 6) is 0. The summed E-state index contributed by atoms with van der Waals surface area (Å²) in [6.45, 7) is 3.83. The number of aryl methyl sites for hydroxylation is 2. The summed E-state index contributed by atoms with van der Waals surface area (Å²) in [5.41, 5.74) is 2.62. The number of rotatable bonds is 1. The van der Waals surface area contributed by atoms with E-state index in [1.807, 2.05) is 12.1 Å². The molecule has 0 bridgehead atoms. The Labute approximate surface area is 113 Å². The van der Waals surface area contributed by atoms with Gasteiger partial charge in [0, 0.05) is 22.5 Å². The van der Waals surface area contributed by atoms with E-state index < -0.39 is 0 Å². The van der Waals surface area contributed by atoms with Gasteiger partial charge in [-0.1, -0.05) is 34.5 Å². The molecule has 0 radical (unpaired) electrons. The van der Waals surface area contributed by atoms with Crippen LogP contribution in [0.1, 0.15) is 18.1 Å². The molecule has 1 aromatic carbocycles. The van der Waals surface area contributed by atoms with Crippen molar-refractivity contribution in [3.8, 4) is 0 Å². The van der Waals surface area contributed by atoms with E-state index in [2.05, 4.69) is 22.9 Å². The number of benzene rings is 1. The van der Waals surface area contributed by atoms with Crippen LogP contribution < -0.4 is 5.56 Å². The van der Waals surface area contributed by atoms with Gasteiger partial charge in [-0.25, -0.2) is 0 Å². The molecule has 0 aliphatic rings. The molecule has 0 saturated carbocycles. The molecule has 2 aromatic rings. The summed E-state index contributed by atoms with van der Waals surface area (Å²) in [4.78, 5) is 12.0. The van der Waals surface area contributed by atoms with Crippen molar-refractivity contribution >= 4 is 38.4 Å². The van der Waals surface area contributed by atoms with Gasteiger partial charge in [-0.05, 0) is 31.0 Å². The zero-order valence-corrected chi connectivity index (χ0v) is 12.3. The zero-order valence-electron chi connectivity index (χ0n) is 9.97. The monoisotopic (exact) mass is 313 g/mol. The summed E-state index contributed by atoms with van der Waals surface area (Å²) in [6.07, 6.45) is 0.864. The van der Waals surface area contributed by atoms with Gasteiger partial charge in [0.25, 0.3) is 5.56 Å². The molecule has 2 rings (SSSR count). The lowest BCUT2D eigenvalue weighted by atomic mass is 10.1. The van der Waals surface area contributed by atoms with Gasteiger partial charge in [0.1, 0.15) is 0 Å². The quantitative estimate of drug-likeness (QED) is 0.784. The van der Waals surface area contributed by atoms with E-state index in [-0.39, 0.29) is 5.56 Å². The number of hydrogen-bond donors (Lipinski definition) is 0. The summed E-state index contributed by atoms with van der Waals surface area (Å²) in [7, 11) is 1.79. The molecule has 2 nitrogen and oxygen atoms in total. The number of pyridine rings is 1. The fraction of sp³-hybridized carbons (Fsp3) is 0.308. The third-order valence-electron chi connectivity index (χ3n) is 3.06. The van der Waals surface area contributed by atoms with Gasteiger partial charge in [0.2, 0.25) is 0 Å². The molecule has 1 heterocycles. The number of nitrogens with zero attached hydrogens (tertiary/aromatic N) is 1. The van der Waals surface area contributed by atoms with Crippen LogP contribution in [0.15, 0.2) is 21.4 Å². The first-order valence-corrected chi connectivity index (χ1v) is 6.61. The van der Waals surface area contributed by atoms with Gasteiger partial charge < -0.3 is 4.57 Å². The van der Waals surface area contributed by atoms with Crippen LogP contribution in [0.5, 0.6) is 0 Å². The molecule has 0 atom stereocenters. The first-order chi connectivity index (χ1) is 7.97. The molecule has 0 N–H and O–H groups in total. The van der Waals surface area contributed by atoms with Crippen molar-refractivity contribution < 1.29 is 0 Å². The number of halogens is 2. The average molecular weight is 315 g/mol. The Hall–Kier alpha value is -0.800. The van der Waals surface area contributed by atoms with Crippen molar-refractivity contribution in [1.82, 2.24) is 4.57 Å². The smallest absolute Gasteiger partial charge is 0.255 e. The van der Waals surface area contributed by atoms with E-state index in [9.17, 15) is 4.79 Å². The highest BCUT2D eigenvalue weighted by molar-refractivity contribution is 9.10. The van der Waals surface area contributed by atoms with Crippen LogP contribution in [0.4, 0.5) is 0 Å². The molecule has 0 unspecified atom stereocenters. The van der Waals surface area contributed by atoms with Crippen molar-refractivity contribution in [2.24, 2.45) is 7.05 Å². The van der Waals surface area contributed by atoms with Crippen molar-refractivity contribution in [2.45, 2.75) is 20.3 Å². The zero-order chi connectivity index (χ0) is 12.7. The molecule has 0 saturated heterocycles. The normalized spacial score (nSPS) is 11.1. The van der Waals surface area contributed by atoms with Gasteiger partial charge in [-0.3, -0.25) is 4.79 Å². The lowest BCUT2D eigenvalue weighted by Crippen LogP contribution is -2.20.